The molecule has 4 aromatic rings. The number of Topliss-reactive ketones (excluding diaryl/α,β-unsaturated/α-hetero) is 1. The number of carbonyl (C=O) groups excluding carboxylic acids is 2. The quantitative estimate of drug-likeness (QED) is 0.281. The first-order valence-corrected chi connectivity index (χ1v) is 11.5. The summed E-state index contributed by atoms with van der Waals surface area (Å²) in [5, 5.41) is 11.7. The molecule has 34 heavy (non-hydrogen) atoms. The number of ether oxygens (including phenoxy) is 1. The fraction of sp³-hybridized carbons (Fsp3) is 0.154. The lowest BCUT2D eigenvalue weighted by Crippen LogP contribution is -2.19. The summed E-state index contributed by atoms with van der Waals surface area (Å²) in [5.74, 6) is 1.11. The zero-order valence-corrected chi connectivity index (χ0v) is 19.9. The molecular formula is C26H24N4O3S. The molecule has 8 heteroatoms. The van der Waals surface area contributed by atoms with Crippen molar-refractivity contribution in [1.82, 2.24) is 14.8 Å². The number of aromatic nitrogens is 3. The standard InChI is InChI=1S/C26H24N4O3S/c1-17(31)19-11-7-13-21(15-19)27-25(32)23(18-9-5-4-6-10-18)34-26-29-28-24(30(26)2)20-12-8-14-22(16-20)33-3/h4-16,23H,1-3H3,(H,27,32)/t23-/m0/s1. The Morgan fingerprint density at radius 3 is 2.47 bits per heavy atom. The monoisotopic (exact) mass is 472 g/mol. The Balaban J connectivity index is 1.63. The Labute approximate surface area is 202 Å². The van der Waals surface area contributed by atoms with Gasteiger partial charge in [0.15, 0.2) is 16.8 Å². The Morgan fingerprint density at radius 2 is 1.74 bits per heavy atom. The van der Waals surface area contributed by atoms with Gasteiger partial charge in [-0.15, -0.1) is 10.2 Å². The second kappa shape index (κ2) is 10.4. The van der Waals surface area contributed by atoms with Gasteiger partial charge in [0, 0.05) is 23.9 Å². The summed E-state index contributed by atoms with van der Waals surface area (Å²) in [7, 11) is 3.49. The molecule has 1 N–H and O–H groups in total. The largest absolute Gasteiger partial charge is 0.497 e. The minimum Gasteiger partial charge on any atom is -0.497 e. The van der Waals surface area contributed by atoms with E-state index in [9.17, 15) is 9.59 Å². The van der Waals surface area contributed by atoms with Crippen LogP contribution in [0.15, 0.2) is 84.0 Å². The van der Waals surface area contributed by atoms with Crippen LogP contribution in [0.3, 0.4) is 0 Å². The molecule has 0 aliphatic rings. The second-order valence-corrected chi connectivity index (χ2v) is 8.70. The number of ketones is 1. The van der Waals surface area contributed by atoms with E-state index in [0.29, 0.717) is 22.2 Å². The molecule has 0 aliphatic heterocycles. The van der Waals surface area contributed by atoms with E-state index in [1.54, 1.807) is 31.4 Å². The van der Waals surface area contributed by atoms with Gasteiger partial charge >= 0.3 is 0 Å². The van der Waals surface area contributed by atoms with Gasteiger partial charge in [-0.25, -0.2) is 0 Å². The fourth-order valence-corrected chi connectivity index (χ4v) is 4.46. The van der Waals surface area contributed by atoms with Crippen LogP contribution >= 0.6 is 11.8 Å². The van der Waals surface area contributed by atoms with Crippen LogP contribution in [-0.2, 0) is 11.8 Å². The predicted molar refractivity (Wildman–Crippen MR) is 133 cm³/mol. The van der Waals surface area contributed by atoms with Gasteiger partial charge in [-0.1, -0.05) is 66.4 Å². The maximum atomic E-state index is 13.4. The van der Waals surface area contributed by atoms with E-state index in [-0.39, 0.29) is 11.7 Å². The highest BCUT2D eigenvalue weighted by molar-refractivity contribution is 8.00. The van der Waals surface area contributed by atoms with Gasteiger partial charge in [0.2, 0.25) is 5.91 Å². The molecule has 3 aromatic carbocycles. The Morgan fingerprint density at radius 1 is 0.971 bits per heavy atom. The highest BCUT2D eigenvalue weighted by atomic mass is 32.2. The molecule has 0 fully saturated rings. The van der Waals surface area contributed by atoms with E-state index < -0.39 is 5.25 Å². The van der Waals surface area contributed by atoms with Crippen LogP contribution in [0.1, 0.15) is 28.1 Å². The number of rotatable bonds is 8. The molecule has 1 heterocycles. The van der Waals surface area contributed by atoms with E-state index in [4.69, 9.17) is 4.74 Å². The summed E-state index contributed by atoms with van der Waals surface area (Å²) < 4.78 is 7.18. The number of thioether (sulfide) groups is 1. The first kappa shape index (κ1) is 23.3. The van der Waals surface area contributed by atoms with Crippen molar-refractivity contribution in [3.63, 3.8) is 0 Å². The summed E-state index contributed by atoms with van der Waals surface area (Å²) in [5.41, 5.74) is 2.80. The van der Waals surface area contributed by atoms with Crippen LogP contribution < -0.4 is 10.1 Å². The van der Waals surface area contributed by atoms with Crippen LogP contribution in [0.5, 0.6) is 5.75 Å². The number of hydrogen-bond acceptors (Lipinski definition) is 6. The van der Waals surface area contributed by atoms with Gasteiger partial charge in [-0.2, -0.15) is 0 Å². The summed E-state index contributed by atoms with van der Waals surface area (Å²) in [4.78, 5) is 25.1. The summed E-state index contributed by atoms with van der Waals surface area (Å²) >= 11 is 1.31. The maximum absolute atomic E-state index is 13.4. The maximum Gasteiger partial charge on any atom is 0.242 e. The van der Waals surface area contributed by atoms with Gasteiger partial charge < -0.3 is 14.6 Å². The van der Waals surface area contributed by atoms with Crippen molar-refractivity contribution < 1.29 is 14.3 Å². The Hall–Kier alpha value is -3.91. The van der Waals surface area contributed by atoms with Gasteiger partial charge in [-0.05, 0) is 36.8 Å². The first-order chi connectivity index (χ1) is 16.5. The predicted octanol–water partition coefficient (Wildman–Crippen LogP) is 5.17. The number of carbonyl (C=O) groups is 2. The third-order valence-corrected chi connectivity index (χ3v) is 6.55. The minimum absolute atomic E-state index is 0.0609. The van der Waals surface area contributed by atoms with E-state index in [0.717, 1.165) is 16.9 Å². The molecule has 1 amide bonds. The Kier molecular flexibility index (Phi) is 7.08. The zero-order chi connectivity index (χ0) is 24.1. The van der Waals surface area contributed by atoms with Crippen LogP contribution in [0.4, 0.5) is 5.69 Å². The third-order valence-electron chi connectivity index (χ3n) is 5.26. The first-order valence-electron chi connectivity index (χ1n) is 10.6. The summed E-state index contributed by atoms with van der Waals surface area (Å²) in [6.07, 6.45) is 0. The number of benzene rings is 3. The molecule has 1 aromatic heterocycles. The lowest BCUT2D eigenvalue weighted by atomic mass is 10.1. The number of amides is 1. The van der Waals surface area contributed by atoms with Crippen molar-refractivity contribution in [3.05, 3.63) is 90.0 Å². The number of nitrogens with zero attached hydrogens (tertiary/aromatic N) is 3. The smallest absolute Gasteiger partial charge is 0.242 e. The molecular weight excluding hydrogens is 448 g/mol. The highest BCUT2D eigenvalue weighted by Gasteiger charge is 2.25. The van der Waals surface area contributed by atoms with Crippen LogP contribution in [0, 0.1) is 0 Å². The highest BCUT2D eigenvalue weighted by Crippen LogP contribution is 2.36. The van der Waals surface area contributed by atoms with Gasteiger partial charge in [0.25, 0.3) is 0 Å². The molecule has 0 bridgehead atoms. The van der Waals surface area contributed by atoms with Crippen molar-refractivity contribution in [2.24, 2.45) is 7.05 Å². The van der Waals surface area contributed by atoms with Crippen LogP contribution in [0.2, 0.25) is 0 Å². The number of anilines is 1. The summed E-state index contributed by atoms with van der Waals surface area (Å²) in [6, 6.07) is 24.0. The fourth-order valence-electron chi connectivity index (χ4n) is 3.46. The third kappa shape index (κ3) is 5.18. The van der Waals surface area contributed by atoms with Crippen LogP contribution in [0.25, 0.3) is 11.4 Å². The lowest BCUT2D eigenvalue weighted by molar-refractivity contribution is -0.115. The second-order valence-electron chi connectivity index (χ2n) is 7.63. The van der Waals surface area contributed by atoms with E-state index in [2.05, 4.69) is 15.5 Å². The van der Waals surface area contributed by atoms with E-state index in [1.165, 1.54) is 18.7 Å². The average molecular weight is 473 g/mol. The van der Waals surface area contributed by atoms with E-state index >= 15 is 0 Å². The van der Waals surface area contributed by atoms with Crippen molar-refractivity contribution >= 4 is 29.1 Å². The topological polar surface area (TPSA) is 86.1 Å². The molecule has 4 rings (SSSR count). The van der Waals surface area contributed by atoms with Gasteiger partial charge in [0.1, 0.15) is 11.0 Å². The Bertz CT molecular complexity index is 1320. The van der Waals surface area contributed by atoms with Crippen LogP contribution in [-0.4, -0.2) is 33.6 Å². The molecule has 0 saturated carbocycles. The average Bonchev–Trinajstić information content (AvgIpc) is 3.23. The molecule has 0 unspecified atom stereocenters. The number of hydrogen-bond donors (Lipinski definition) is 1. The number of methoxy groups -OCH3 is 1. The zero-order valence-electron chi connectivity index (χ0n) is 19.1. The SMILES string of the molecule is COc1cccc(-c2nnc(S[C@H](C(=O)Nc3cccc(C(C)=O)c3)c3ccccc3)n2C)c1. The molecule has 0 spiro atoms. The van der Waals surface area contributed by atoms with E-state index in [1.807, 2.05) is 66.2 Å². The van der Waals surface area contributed by atoms with Crippen molar-refractivity contribution in [2.45, 2.75) is 17.3 Å². The van der Waals surface area contributed by atoms with Crippen molar-refractivity contribution in [1.29, 1.82) is 0 Å². The minimum atomic E-state index is -0.580. The molecule has 0 aliphatic carbocycles. The molecule has 0 radical (unpaired) electrons. The lowest BCUT2D eigenvalue weighted by Gasteiger charge is -2.17. The molecule has 7 nitrogen and oxygen atoms in total. The summed E-state index contributed by atoms with van der Waals surface area (Å²) in [6.45, 7) is 1.50. The molecule has 172 valence electrons. The number of nitrogens with one attached hydrogen (secondary N) is 1. The molecule has 1 atom stereocenters. The normalized spacial score (nSPS) is 11.6. The van der Waals surface area contributed by atoms with Gasteiger partial charge in [0.05, 0.1) is 7.11 Å². The van der Waals surface area contributed by atoms with Gasteiger partial charge in [-0.3, -0.25) is 9.59 Å². The van der Waals surface area contributed by atoms with Crippen molar-refractivity contribution in [2.75, 3.05) is 12.4 Å². The molecule has 0 saturated heterocycles. The van der Waals surface area contributed by atoms with Crippen molar-refractivity contribution in [3.8, 4) is 17.1 Å².